The number of thiophene rings is 1. The highest BCUT2D eigenvalue weighted by atomic mass is 32.1. The first kappa shape index (κ1) is 17.4. The van der Waals surface area contributed by atoms with Crippen LogP contribution in [0.4, 0.5) is 0 Å². The van der Waals surface area contributed by atoms with Gasteiger partial charge in [0, 0.05) is 19.6 Å². The molecule has 1 amide bonds. The van der Waals surface area contributed by atoms with Crippen LogP contribution in [-0.2, 0) is 19.6 Å². The molecule has 154 valence electrons. The number of amides is 1. The summed E-state index contributed by atoms with van der Waals surface area (Å²) in [5, 5.41) is 6.20. The van der Waals surface area contributed by atoms with Crippen molar-refractivity contribution in [3.05, 3.63) is 69.6 Å². The third kappa shape index (κ3) is 2.50. The summed E-state index contributed by atoms with van der Waals surface area (Å²) in [5.41, 5.74) is 5.25. The molecule has 4 aromatic rings. The van der Waals surface area contributed by atoms with Crippen molar-refractivity contribution in [3.63, 3.8) is 0 Å². The Morgan fingerprint density at radius 1 is 1.16 bits per heavy atom. The zero-order valence-corrected chi connectivity index (χ0v) is 17.4. The van der Waals surface area contributed by atoms with E-state index in [-0.39, 0.29) is 11.9 Å². The second-order valence-corrected chi connectivity index (χ2v) is 9.13. The molecule has 1 saturated heterocycles. The molecule has 31 heavy (non-hydrogen) atoms. The molecule has 9 heteroatoms. The van der Waals surface area contributed by atoms with Crippen LogP contribution in [0.1, 0.15) is 44.8 Å². The summed E-state index contributed by atoms with van der Waals surface area (Å²) in [6, 6.07) is 10.5. The summed E-state index contributed by atoms with van der Waals surface area (Å²) in [4.78, 5) is 27.2. The van der Waals surface area contributed by atoms with Gasteiger partial charge in [-0.25, -0.2) is 4.98 Å². The SMILES string of the molecule is O=C1c2sccc2-n2cnc(-c3noc(CN4Cc5ccccc5C4)n3)c2[C@@H]2CCN12. The molecule has 0 spiro atoms. The Balaban J connectivity index is 1.22. The maximum atomic E-state index is 12.9. The summed E-state index contributed by atoms with van der Waals surface area (Å²) in [6.45, 7) is 3.13. The smallest absolute Gasteiger partial charge is 0.266 e. The molecule has 1 atom stereocenters. The number of benzene rings is 1. The van der Waals surface area contributed by atoms with Gasteiger partial charge < -0.3 is 9.42 Å². The predicted octanol–water partition coefficient (Wildman–Crippen LogP) is 3.40. The molecule has 3 aliphatic rings. The van der Waals surface area contributed by atoms with E-state index in [0.29, 0.717) is 24.0 Å². The molecule has 1 aromatic carbocycles. The molecule has 3 aliphatic heterocycles. The first-order valence-electron chi connectivity index (χ1n) is 10.3. The highest BCUT2D eigenvalue weighted by molar-refractivity contribution is 7.12. The highest BCUT2D eigenvalue weighted by Crippen LogP contribution is 2.44. The number of aromatic nitrogens is 4. The van der Waals surface area contributed by atoms with E-state index < -0.39 is 0 Å². The van der Waals surface area contributed by atoms with E-state index in [9.17, 15) is 4.79 Å². The van der Waals surface area contributed by atoms with Crippen molar-refractivity contribution in [2.45, 2.75) is 32.1 Å². The minimum Gasteiger partial charge on any atom is -0.337 e. The largest absolute Gasteiger partial charge is 0.337 e. The number of carbonyl (C=O) groups excluding carboxylic acids is 1. The number of nitrogens with zero attached hydrogens (tertiary/aromatic N) is 6. The van der Waals surface area contributed by atoms with Crippen LogP contribution in [0, 0.1) is 0 Å². The molecule has 0 saturated carbocycles. The number of fused-ring (bicyclic) bond motifs is 6. The maximum absolute atomic E-state index is 12.9. The standard InChI is InChI=1S/C22H18N6O2S/c29-22-20-16(6-8-31-20)28-12-23-18(19(28)15-5-7-27(15)22)21-24-17(30-25-21)11-26-9-13-3-1-2-4-14(13)10-26/h1-4,6,8,12,15H,5,7,9-11H2/t15-/m0/s1. The number of hydrogen-bond acceptors (Lipinski definition) is 7. The normalized spacial score (nSPS) is 19.4. The van der Waals surface area contributed by atoms with Crippen LogP contribution in [-0.4, -0.2) is 41.9 Å². The Kier molecular flexibility index (Phi) is 3.56. The molecular formula is C22H18N6O2S. The fourth-order valence-corrected chi connectivity index (χ4v) is 5.70. The third-order valence-electron chi connectivity index (χ3n) is 6.44. The van der Waals surface area contributed by atoms with E-state index in [1.165, 1.54) is 22.5 Å². The predicted molar refractivity (Wildman–Crippen MR) is 113 cm³/mol. The molecule has 1 fully saturated rings. The monoisotopic (exact) mass is 430 g/mol. The fourth-order valence-electron chi connectivity index (χ4n) is 4.86. The Labute approximate surface area is 181 Å². The van der Waals surface area contributed by atoms with Gasteiger partial charge in [-0.3, -0.25) is 14.3 Å². The van der Waals surface area contributed by atoms with Crippen LogP contribution in [0.25, 0.3) is 17.2 Å². The zero-order valence-electron chi connectivity index (χ0n) is 16.6. The zero-order chi connectivity index (χ0) is 20.5. The molecule has 0 aliphatic carbocycles. The maximum Gasteiger partial charge on any atom is 0.266 e. The second-order valence-electron chi connectivity index (χ2n) is 8.21. The number of hydrogen-bond donors (Lipinski definition) is 0. The second kappa shape index (κ2) is 6.35. The van der Waals surface area contributed by atoms with Gasteiger partial charge in [0.1, 0.15) is 16.9 Å². The first-order valence-corrected chi connectivity index (χ1v) is 11.2. The quantitative estimate of drug-likeness (QED) is 0.496. The Morgan fingerprint density at radius 3 is 2.77 bits per heavy atom. The topological polar surface area (TPSA) is 80.3 Å². The van der Waals surface area contributed by atoms with Gasteiger partial charge in [-0.05, 0) is 29.0 Å². The van der Waals surface area contributed by atoms with Gasteiger partial charge in [0.25, 0.3) is 5.91 Å². The van der Waals surface area contributed by atoms with Crippen molar-refractivity contribution in [1.29, 1.82) is 0 Å². The van der Waals surface area contributed by atoms with Gasteiger partial charge in [-0.15, -0.1) is 11.3 Å². The van der Waals surface area contributed by atoms with Crippen LogP contribution in [0.15, 0.2) is 46.6 Å². The minimum atomic E-state index is -0.000341. The molecule has 0 N–H and O–H groups in total. The average molecular weight is 430 g/mol. The Hall–Kier alpha value is -3.30. The van der Waals surface area contributed by atoms with Crippen LogP contribution >= 0.6 is 11.3 Å². The molecule has 8 nitrogen and oxygen atoms in total. The molecular weight excluding hydrogens is 412 g/mol. The van der Waals surface area contributed by atoms with Gasteiger partial charge >= 0.3 is 0 Å². The molecule has 3 aromatic heterocycles. The number of carbonyl (C=O) groups is 1. The lowest BCUT2D eigenvalue weighted by Gasteiger charge is -2.39. The number of imidazole rings is 1. The summed E-state index contributed by atoms with van der Waals surface area (Å²) in [5.74, 6) is 1.16. The van der Waals surface area contributed by atoms with Crippen molar-refractivity contribution in [2.24, 2.45) is 0 Å². The van der Waals surface area contributed by atoms with Gasteiger partial charge in [-0.1, -0.05) is 29.4 Å². The lowest BCUT2D eigenvalue weighted by Crippen LogP contribution is -2.44. The lowest BCUT2D eigenvalue weighted by molar-refractivity contribution is 0.0466. The number of rotatable bonds is 3. The van der Waals surface area contributed by atoms with Crippen LogP contribution < -0.4 is 0 Å². The van der Waals surface area contributed by atoms with E-state index in [0.717, 1.165) is 42.3 Å². The van der Waals surface area contributed by atoms with Crippen molar-refractivity contribution >= 4 is 17.2 Å². The van der Waals surface area contributed by atoms with Crippen LogP contribution in [0.3, 0.4) is 0 Å². The van der Waals surface area contributed by atoms with Gasteiger partial charge in [0.05, 0.1) is 24.0 Å². The molecule has 0 unspecified atom stereocenters. The van der Waals surface area contributed by atoms with E-state index in [2.05, 4.69) is 44.3 Å². The molecule has 0 radical (unpaired) electrons. The van der Waals surface area contributed by atoms with Gasteiger partial charge in [0.15, 0.2) is 0 Å². The molecule has 7 rings (SSSR count). The molecule has 6 heterocycles. The first-order chi connectivity index (χ1) is 15.3. The lowest BCUT2D eigenvalue weighted by atomic mass is 9.98. The minimum absolute atomic E-state index is 0.000341. The summed E-state index contributed by atoms with van der Waals surface area (Å²) in [6.07, 6.45) is 2.69. The summed E-state index contributed by atoms with van der Waals surface area (Å²) in [7, 11) is 0. The van der Waals surface area contributed by atoms with E-state index >= 15 is 0 Å². The fraction of sp³-hybridized carbons (Fsp3) is 0.273. The summed E-state index contributed by atoms with van der Waals surface area (Å²) >= 11 is 1.48. The van der Waals surface area contributed by atoms with Gasteiger partial charge in [0.2, 0.25) is 11.7 Å². The highest BCUT2D eigenvalue weighted by Gasteiger charge is 2.42. The van der Waals surface area contributed by atoms with Crippen molar-refractivity contribution in [1.82, 2.24) is 29.5 Å². The van der Waals surface area contributed by atoms with Crippen molar-refractivity contribution < 1.29 is 9.32 Å². The van der Waals surface area contributed by atoms with Crippen molar-refractivity contribution in [3.8, 4) is 17.2 Å². The van der Waals surface area contributed by atoms with E-state index in [4.69, 9.17) is 4.52 Å². The average Bonchev–Trinajstić information content (AvgIpc) is 3.51. The Morgan fingerprint density at radius 2 is 2.00 bits per heavy atom. The summed E-state index contributed by atoms with van der Waals surface area (Å²) < 4.78 is 7.62. The third-order valence-corrected chi connectivity index (χ3v) is 7.34. The van der Waals surface area contributed by atoms with Gasteiger partial charge in [-0.2, -0.15) is 4.98 Å². The van der Waals surface area contributed by atoms with E-state index in [1.807, 2.05) is 20.9 Å². The molecule has 0 bridgehead atoms. The van der Waals surface area contributed by atoms with Crippen LogP contribution in [0.5, 0.6) is 0 Å². The van der Waals surface area contributed by atoms with Crippen molar-refractivity contribution in [2.75, 3.05) is 6.54 Å². The Bertz CT molecular complexity index is 1310. The van der Waals surface area contributed by atoms with Crippen LogP contribution in [0.2, 0.25) is 0 Å². The van der Waals surface area contributed by atoms with E-state index in [1.54, 1.807) is 6.33 Å².